The zero-order valence-corrected chi connectivity index (χ0v) is 12.4. The zero-order valence-electron chi connectivity index (χ0n) is 12.4. The van der Waals surface area contributed by atoms with Gasteiger partial charge < -0.3 is 10.1 Å². The summed E-state index contributed by atoms with van der Waals surface area (Å²) in [4.78, 5) is 4.78. The fraction of sp³-hybridized carbons (Fsp3) is 0.278. The first-order chi connectivity index (χ1) is 10.3. The fourth-order valence-electron chi connectivity index (χ4n) is 2.72. The van der Waals surface area contributed by atoms with E-state index in [1.807, 2.05) is 18.2 Å². The molecule has 0 aliphatic rings. The average Bonchev–Trinajstić information content (AvgIpc) is 2.86. The van der Waals surface area contributed by atoms with Crippen LogP contribution in [0.1, 0.15) is 29.4 Å². The lowest BCUT2D eigenvalue weighted by atomic mass is 10.0. The fourth-order valence-corrected chi connectivity index (χ4v) is 2.72. The highest BCUT2D eigenvalue weighted by atomic mass is 15.0. The van der Waals surface area contributed by atoms with Crippen molar-refractivity contribution < 1.29 is 0 Å². The predicted octanol–water partition coefficient (Wildman–Crippen LogP) is 2.99. The number of pyridine rings is 1. The van der Waals surface area contributed by atoms with Crippen LogP contribution in [0.25, 0.3) is 5.65 Å². The quantitative estimate of drug-likeness (QED) is 0.780. The molecule has 108 valence electrons. The van der Waals surface area contributed by atoms with Gasteiger partial charge in [-0.2, -0.15) is 0 Å². The highest BCUT2D eigenvalue weighted by Crippen LogP contribution is 2.17. The number of imidazole rings is 1. The molecule has 21 heavy (non-hydrogen) atoms. The molecule has 2 heterocycles. The number of fused-ring (bicyclic) bond motifs is 1. The Balaban J connectivity index is 1.96. The SMILES string of the molecule is CCc1ccc(Cc2nc3ccccn3c2CCN)cc1. The van der Waals surface area contributed by atoms with Gasteiger partial charge in [0.2, 0.25) is 0 Å². The van der Waals surface area contributed by atoms with Crippen molar-refractivity contribution in [3.8, 4) is 0 Å². The zero-order chi connectivity index (χ0) is 14.7. The van der Waals surface area contributed by atoms with Crippen LogP contribution in [-0.4, -0.2) is 15.9 Å². The number of benzene rings is 1. The predicted molar refractivity (Wildman–Crippen MR) is 86.6 cm³/mol. The number of hydrogen-bond donors (Lipinski definition) is 1. The highest BCUT2D eigenvalue weighted by molar-refractivity contribution is 5.44. The minimum absolute atomic E-state index is 0.643. The smallest absolute Gasteiger partial charge is 0.137 e. The highest BCUT2D eigenvalue weighted by Gasteiger charge is 2.11. The number of nitrogens with zero attached hydrogens (tertiary/aromatic N) is 2. The van der Waals surface area contributed by atoms with Crippen LogP contribution < -0.4 is 5.73 Å². The van der Waals surface area contributed by atoms with Crippen LogP contribution in [0.5, 0.6) is 0 Å². The van der Waals surface area contributed by atoms with E-state index < -0.39 is 0 Å². The molecule has 3 heteroatoms. The summed E-state index contributed by atoms with van der Waals surface area (Å²) in [5.41, 5.74) is 11.8. The van der Waals surface area contributed by atoms with Crippen molar-refractivity contribution in [2.24, 2.45) is 5.73 Å². The summed E-state index contributed by atoms with van der Waals surface area (Å²) >= 11 is 0. The first kappa shape index (κ1) is 13.8. The van der Waals surface area contributed by atoms with Gasteiger partial charge in [-0.05, 0) is 36.2 Å². The van der Waals surface area contributed by atoms with Crippen LogP contribution in [0, 0.1) is 0 Å². The Morgan fingerprint density at radius 2 is 1.81 bits per heavy atom. The number of aryl methyl sites for hydroxylation is 1. The summed E-state index contributed by atoms with van der Waals surface area (Å²) in [7, 11) is 0. The molecule has 0 atom stereocenters. The normalized spacial score (nSPS) is 11.1. The Kier molecular flexibility index (Phi) is 4.02. The van der Waals surface area contributed by atoms with Crippen LogP contribution >= 0.6 is 0 Å². The van der Waals surface area contributed by atoms with Crippen molar-refractivity contribution in [3.63, 3.8) is 0 Å². The Hall–Kier alpha value is -2.13. The Labute approximate surface area is 125 Å². The van der Waals surface area contributed by atoms with Gasteiger partial charge in [-0.15, -0.1) is 0 Å². The van der Waals surface area contributed by atoms with Crippen LogP contribution in [0.4, 0.5) is 0 Å². The maximum Gasteiger partial charge on any atom is 0.137 e. The summed E-state index contributed by atoms with van der Waals surface area (Å²) in [6.07, 6.45) is 4.86. The summed E-state index contributed by atoms with van der Waals surface area (Å²) in [6.45, 7) is 2.82. The van der Waals surface area contributed by atoms with Gasteiger partial charge in [0.1, 0.15) is 5.65 Å². The van der Waals surface area contributed by atoms with E-state index in [-0.39, 0.29) is 0 Å². The third-order valence-corrected chi connectivity index (χ3v) is 3.90. The van der Waals surface area contributed by atoms with Gasteiger partial charge in [-0.1, -0.05) is 37.3 Å². The standard InChI is InChI=1S/C18H21N3/c1-2-14-6-8-15(9-7-14)13-16-17(10-11-19)21-12-4-3-5-18(21)20-16/h3-9,12H,2,10-11,13,19H2,1H3. The lowest BCUT2D eigenvalue weighted by Gasteiger charge is -2.05. The minimum Gasteiger partial charge on any atom is -0.330 e. The molecule has 0 spiro atoms. The number of hydrogen-bond acceptors (Lipinski definition) is 2. The Morgan fingerprint density at radius 3 is 2.52 bits per heavy atom. The van der Waals surface area contributed by atoms with Crippen molar-refractivity contribution in [1.82, 2.24) is 9.38 Å². The van der Waals surface area contributed by atoms with Crippen LogP contribution in [0.15, 0.2) is 48.7 Å². The molecule has 0 bridgehead atoms. The molecule has 1 aromatic carbocycles. The van der Waals surface area contributed by atoms with Crippen molar-refractivity contribution in [2.75, 3.05) is 6.54 Å². The molecule has 0 amide bonds. The molecule has 3 aromatic rings. The summed E-state index contributed by atoms with van der Waals surface area (Å²) in [6, 6.07) is 14.9. The monoisotopic (exact) mass is 279 g/mol. The Morgan fingerprint density at radius 1 is 1.05 bits per heavy atom. The largest absolute Gasteiger partial charge is 0.330 e. The van der Waals surface area contributed by atoms with Gasteiger partial charge in [0, 0.05) is 24.7 Å². The van der Waals surface area contributed by atoms with Gasteiger partial charge in [0.25, 0.3) is 0 Å². The van der Waals surface area contributed by atoms with Crippen molar-refractivity contribution >= 4 is 5.65 Å². The molecule has 2 aromatic heterocycles. The van der Waals surface area contributed by atoms with Gasteiger partial charge >= 0.3 is 0 Å². The molecular weight excluding hydrogens is 258 g/mol. The van der Waals surface area contributed by atoms with E-state index in [0.717, 1.165) is 30.6 Å². The van der Waals surface area contributed by atoms with E-state index in [1.54, 1.807) is 0 Å². The molecule has 3 rings (SSSR count). The molecule has 0 unspecified atom stereocenters. The second-order valence-corrected chi connectivity index (χ2v) is 5.32. The van der Waals surface area contributed by atoms with E-state index >= 15 is 0 Å². The number of rotatable bonds is 5. The van der Waals surface area contributed by atoms with Crippen molar-refractivity contribution in [3.05, 3.63) is 71.2 Å². The second kappa shape index (κ2) is 6.10. The number of aromatic nitrogens is 2. The van der Waals surface area contributed by atoms with E-state index in [1.165, 1.54) is 16.8 Å². The van der Waals surface area contributed by atoms with E-state index in [2.05, 4.69) is 41.8 Å². The van der Waals surface area contributed by atoms with Crippen molar-refractivity contribution in [2.45, 2.75) is 26.2 Å². The maximum atomic E-state index is 5.77. The van der Waals surface area contributed by atoms with Gasteiger partial charge in [0.15, 0.2) is 0 Å². The van der Waals surface area contributed by atoms with Crippen LogP contribution in [-0.2, 0) is 19.3 Å². The van der Waals surface area contributed by atoms with Crippen LogP contribution in [0.3, 0.4) is 0 Å². The Bertz CT molecular complexity index is 726. The molecule has 2 N–H and O–H groups in total. The molecule has 0 fully saturated rings. The van der Waals surface area contributed by atoms with Gasteiger partial charge in [0.05, 0.1) is 5.69 Å². The molecule has 0 saturated carbocycles. The summed E-state index contributed by atoms with van der Waals surface area (Å²) in [5.74, 6) is 0. The minimum atomic E-state index is 0.643. The average molecular weight is 279 g/mol. The summed E-state index contributed by atoms with van der Waals surface area (Å²) < 4.78 is 2.16. The molecule has 0 aliphatic heterocycles. The lowest BCUT2D eigenvalue weighted by molar-refractivity contribution is 0.882. The first-order valence-electron chi connectivity index (χ1n) is 7.54. The molecule has 0 saturated heterocycles. The van der Waals surface area contributed by atoms with E-state index in [4.69, 9.17) is 10.7 Å². The maximum absolute atomic E-state index is 5.77. The number of nitrogens with two attached hydrogens (primary N) is 1. The van der Waals surface area contributed by atoms with E-state index in [0.29, 0.717) is 6.54 Å². The molecule has 3 nitrogen and oxygen atoms in total. The third-order valence-electron chi connectivity index (χ3n) is 3.90. The van der Waals surface area contributed by atoms with Gasteiger partial charge in [-0.3, -0.25) is 0 Å². The van der Waals surface area contributed by atoms with E-state index in [9.17, 15) is 0 Å². The van der Waals surface area contributed by atoms with Gasteiger partial charge in [-0.25, -0.2) is 4.98 Å². The second-order valence-electron chi connectivity index (χ2n) is 5.32. The molecule has 0 aliphatic carbocycles. The lowest BCUT2D eigenvalue weighted by Crippen LogP contribution is -2.07. The first-order valence-corrected chi connectivity index (χ1v) is 7.54. The third kappa shape index (κ3) is 2.83. The van der Waals surface area contributed by atoms with Crippen molar-refractivity contribution in [1.29, 1.82) is 0 Å². The molecular formula is C18H21N3. The topological polar surface area (TPSA) is 43.3 Å². The summed E-state index contributed by atoms with van der Waals surface area (Å²) in [5, 5.41) is 0. The van der Waals surface area contributed by atoms with Crippen LogP contribution in [0.2, 0.25) is 0 Å². The molecule has 0 radical (unpaired) electrons.